The van der Waals surface area contributed by atoms with Gasteiger partial charge < -0.3 is 15.1 Å². The molecule has 0 aliphatic carbocycles. The number of amides is 1. The molecule has 0 bridgehead atoms. The van der Waals surface area contributed by atoms with E-state index in [0.717, 1.165) is 0 Å². The van der Waals surface area contributed by atoms with E-state index in [1.165, 1.54) is 4.90 Å². The Morgan fingerprint density at radius 2 is 1.74 bits per heavy atom. The number of benzene rings is 1. The fourth-order valence-corrected chi connectivity index (χ4v) is 1.92. The van der Waals surface area contributed by atoms with Crippen LogP contribution in [-0.4, -0.2) is 46.7 Å². The van der Waals surface area contributed by atoms with E-state index in [1.54, 1.807) is 0 Å². The second-order valence-electron chi connectivity index (χ2n) is 4.38. The van der Waals surface area contributed by atoms with Crippen LogP contribution in [0.15, 0.2) is 12.1 Å². The first-order valence-electron chi connectivity index (χ1n) is 5.56. The molecule has 7 heteroatoms. The average Bonchev–Trinajstić information content (AvgIpc) is 2.30. The summed E-state index contributed by atoms with van der Waals surface area (Å²) in [5.74, 6) is -4.82. The summed E-state index contributed by atoms with van der Waals surface area (Å²) in [5.41, 5.74) is -0.959. The summed E-state index contributed by atoms with van der Waals surface area (Å²) in [4.78, 5) is 24.2. The van der Waals surface area contributed by atoms with Crippen molar-refractivity contribution in [2.24, 2.45) is 5.92 Å². The number of aliphatic hydroxyl groups excluding tert-OH is 1. The highest BCUT2D eigenvalue weighted by molar-refractivity contribution is 6.05. The molecule has 0 spiro atoms. The summed E-state index contributed by atoms with van der Waals surface area (Å²) < 4.78 is 26.1. The van der Waals surface area contributed by atoms with Crippen molar-refractivity contribution in [1.29, 1.82) is 0 Å². The van der Waals surface area contributed by atoms with Crippen molar-refractivity contribution in [2.45, 2.75) is 0 Å². The number of carbonyl (C=O) groups excluding carboxylic acids is 1. The first-order chi connectivity index (χ1) is 8.93. The Balaban J connectivity index is 2.31. The summed E-state index contributed by atoms with van der Waals surface area (Å²) in [6.45, 7) is 0.466. The zero-order valence-corrected chi connectivity index (χ0v) is 9.77. The number of carboxylic acids is 1. The van der Waals surface area contributed by atoms with Crippen molar-refractivity contribution in [3.05, 3.63) is 34.9 Å². The third kappa shape index (κ3) is 2.41. The number of rotatable bonds is 3. The normalized spacial score (nSPS) is 15.2. The van der Waals surface area contributed by atoms with E-state index in [1.807, 2.05) is 0 Å². The second kappa shape index (κ2) is 4.93. The monoisotopic (exact) mass is 271 g/mol. The van der Waals surface area contributed by atoms with E-state index in [4.69, 9.17) is 10.2 Å². The number of carbonyl (C=O) groups is 2. The summed E-state index contributed by atoms with van der Waals surface area (Å²) in [7, 11) is 0. The molecule has 1 saturated heterocycles. The molecule has 2 rings (SSSR count). The van der Waals surface area contributed by atoms with Crippen LogP contribution in [0.25, 0.3) is 0 Å². The van der Waals surface area contributed by atoms with Gasteiger partial charge >= 0.3 is 5.97 Å². The largest absolute Gasteiger partial charge is 0.478 e. The van der Waals surface area contributed by atoms with Gasteiger partial charge in [-0.05, 0) is 12.1 Å². The average molecular weight is 271 g/mol. The molecule has 1 aliphatic rings. The smallest absolute Gasteiger partial charge is 0.336 e. The summed E-state index contributed by atoms with van der Waals surface area (Å²) >= 11 is 0. The lowest BCUT2D eigenvalue weighted by molar-refractivity contribution is 0.0356. The fourth-order valence-electron chi connectivity index (χ4n) is 1.92. The second-order valence-corrected chi connectivity index (χ2v) is 4.38. The van der Waals surface area contributed by atoms with E-state index in [-0.39, 0.29) is 31.2 Å². The Labute approximate surface area is 107 Å². The van der Waals surface area contributed by atoms with Gasteiger partial charge in [0, 0.05) is 25.6 Å². The van der Waals surface area contributed by atoms with Gasteiger partial charge in [-0.3, -0.25) is 4.79 Å². The fraction of sp³-hybridized carbons (Fsp3) is 0.333. The number of likely N-dealkylation sites (tertiary alicyclic amines) is 1. The van der Waals surface area contributed by atoms with Crippen molar-refractivity contribution in [3.63, 3.8) is 0 Å². The van der Waals surface area contributed by atoms with E-state index in [9.17, 15) is 18.4 Å². The van der Waals surface area contributed by atoms with Crippen molar-refractivity contribution in [3.8, 4) is 0 Å². The molecule has 0 saturated carbocycles. The Bertz CT molecular complexity index is 541. The van der Waals surface area contributed by atoms with Crippen LogP contribution in [0.2, 0.25) is 0 Å². The van der Waals surface area contributed by atoms with E-state index < -0.39 is 29.1 Å². The van der Waals surface area contributed by atoms with Gasteiger partial charge in [0.25, 0.3) is 5.91 Å². The maximum Gasteiger partial charge on any atom is 0.336 e. The molecule has 1 aromatic rings. The maximum absolute atomic E-state index is 13.1. The Kier molecular flexibility index (Phi) is 3.48. The molecule has 0 atom stereocenters. The number of carboxylic acid groups (broad SMARTS) is 1. The van der Waals surface area contributed by atoms with Gasteiger partial charge in [-0.1, -0.05) is 0 Å². The van der Waals surface area contributed by atoms with Crippen LogP contribution >= 0.6 is 0 Å². The number of aromatic carboxylic acids is 1. The van der Waals surface area contributed by atoms with E-state index in [2.05, 4.69) is 0 Å². The van der Waals surface area contributed by atoms with Gasteiger partial charge in [0.05, 0.1) is 11.1 Å². The number of nitrogens with zero attached hydrogens (tertiary/aromatic N) is 1. The molecule has 0 unspecified atom stereocenters. The van der Waals surface area contributed by atoms with Crippen LogP contribution in [0.1, 0.15) is 20.7 Å². The lowest BCUT2D eigenvalue weighted by Crippen LogP contribution is -2.51. The van der Waals surface area contributed by atoms with E-state index >= 15 is 0 Å². The minimum atomic E-state index is -1.50. The SMILES string of the molecule is O=C(O)c1cc(F)c(F)cc1C(=O)N1CC(CO)C1. The van der Waals surface area contributed by atoms with Gasteiger partial charge in [-0.25, -0.2) is 13.6 Å². The van der Waals surface area contributed by atoms with E-state index in [0.29, 0.717) is 12.1 Å². The predicted molar refractivity (Wildman–Crippen MR) is 59.8 cm³/mol. The van der Waals surface area contributed by atoms with Crippen molar-refractivity contribution in [1.82, 2.24) is 4.90 Å². The number of hydrogen-bond donors (Lipinski definition) is 2. The highest BCUT2D eigenvalue weighted by atomic mass is 19.2. The van der Waals surface area contributed by atoms with Crippen molar-refractivity contribution >= 4 is 11.9 Å². The third-order valence-corrected chi connectivity index (χ3v) is 3.02. The molecule has 1 fully saturated rings. The number of halogens is 2. The van der Waals surface area contributed by atoms with Crippen molar-refractivity contribution in [2.75, 3.05) is 19.7 Å². The highest BCUT2D eigenvalue weighted by Crippen LogP contribution is 2.22. The first kappa shape index (κ1) is 13.4. The Morgan fingerprint density at radius 3 is 2.21 bits per heavy atom. The minimum absolute atomic E-state index is 0.0532. The lowest BCUT2D eigenvalue weighted by Gasteiger charge is -2.38. The molecule has 0 radical (unpaired) electrons. The molecule has 1 amide bonds. The van der Waals surface area contributed by atoms with Gasteiger partial charge in [0.15, 0.2) is 11.6 Å². The Hall–Kier alpha value is -2.02. The molecular weight excluding hydrogens is 260 g/mol. The molecule has 5 nitrogen and oxygen atoms in total. The topological polar surface area (TPSA) is 77.8 Å². The van der Waals surface area contributed by atoms with Gasteiger partial charge in [0.1, 0.15) is 0 Å². The van der Waals surface area contributed by atoms with Crippen molar-refractivity contribution < 1.29 is 28.6 Å². The predicted octanol–water partition coefficient (Wildman–Crippen LogP) is 0.727. The highest BCUT2D eigenvalue weighted by Gasteiger charge is 2.33. The van der Waals surface area contributed by atoms with Crippen LogP contribution in [0.4, 0.5) is 8.78 Å². The van der Waals surface area contributed by atoms with Gasteiger partial charge in [0.2, 0.25) is 0 Å². The first-order valence-corrected chi connectivity index (χ1v) is 5.56. The molecular formula is C12H11F2NO4. The van der Waals surface area contributed by atoms with Crippen LogP contribution in [0.3, 0.4) is 0 Å². The van der Waals surface area contributed by atoms with Crippen LogP contribution in [-0.2, 0) is 0 Å². The van der Waals surface area contributed by atoms with Gasteiger partial charge in [-0.15, -0.1) is 0 Å². The number of hydrogen-bond acceptors (Lipinski definition) is 3. The molecule has 1 aromatic carbocycles. The standard InChI is InChI=1S/C12H11F2NO4/c13-9-1-7(8(12(18)19)2-10(9)14)11(17)15-3-6(4-15)5-16/h1-2,6,16H,3-5H2,(H,18,19). The molecule has 1 heterocycles. The lowest BCUT2D eigenvalue weighted by atomic mass is 9.98. The zero-order chi connectivity index (χ0) is 14.2. The molecule has 0 aromatic heterocycles. The van der Waals surface area contributed by atoms with Gasteiger partial charge in [-0.2, -0.15) is 0 Å². The molecule has 2 N–H and O–H groups in total. The minimum Gasteiger partial charge on any atom is -0.478 e. The zero-order valence-electron chi connectivity index (χ0n) is 9.77. The maximum atomic E-state index is 13.1. The molecule has 102 valence electrons. The Morgan fingerprint density at radius 1 is 1.21 bits per heavy atom. The van der Waals surface area contributed by atoms with Crippen LogP contribution in [0.5, 0.6) is 0 Å². The summed E-state index contributed by atoms with van der Waals surface area (Å²) in [5, 5.41) is 17.7. The summed E-state index contributed by atoms with van der Waals surface area (Å²) in [6, 6.07) is 1.08. The third-order valence-electron chi connectivity index (χ3n) is 3.02. The molecule has 19 heavy (non-hydrogen) atoms. The van der Waals surface area contributed by atoms with Crippen LogP contribution in [0, 0.1) is 17.6 Å². The summed E-state index contributed by atoms with van der Waals surface area (Å²) in [6.07, 6.45) is 0. The van der Waals surface area contributed by atoms with Crippen LogP contribution < -0.4 is 0 Å². The number of aliphatic hydroxyl groups is 1. The quantitative estimate of drug-likeness (QED) is 0.849. The molecule has 1 aliphatic heterocycles.